The van der Waals surface area contributed by atoms with Crippen LogP contribution in [0.3, 0.4) is 0 Å². The van der Waals surface area contributed by atoms with Crippen LogP contribution in [-0.2, 0) is 6.42 Å². The maximum atomic E-state index is 6.12. The molecule has 2 aromatic rings. The molecule has 0 aliphatic heterocycles. The van der Waals surface area contributed by atoms with Crippen molar-refractivity contribution in [3.05, 3.63) is 45.3 Å². The van der Waals surface area contributed by atoms with Gasteiger partial charge in [0.1, 0.15) is 11.5 Å². The van der Waals surface area contributed by atoms with Gasteiger partial charge in [-0.15, -0.1) is 0 Å². The molecule has 0 radical (unpaired) electrons. The van der Waals surface area contributed by atoms with Crippen molar-refractivity contribution in [2.75, 3.05) is 0 Å². The molecule has 18 heavy (non-hydrogen) atoms. The molecule has 0 fully saturated rings. The fourth-order valence-electron chi connectivity index (χ4n) is 1.80. The molecule has 1 heterocycles. The lowest BCUT2D eigenvalue weighted by molar-refractivity contribution is 0.904. The van der Waals surface area contributed by atoms with E-state index in [0.29, 0.717) is 15.2 Å². The quantitative estimate of drug-likeness (QED) is 0.741. The topological polar surface area (TPSA) is 25.8 Å². The molecule has 1 aromatic carbocycles. The molecule has 0 saturated carbocycles. The number of aromatic nitrogens is 2. The zero-order valence-corrected chi connectivity index (χ0v) is 12.0. The van der Waals surface area contributed by atoms with Crippen molar-refractivity contribution in [3.8, 4) is 11.3 Å². The van der Waals surface area contributed by atoms with Crippen LogP contribution < -0.4 is 0 Å². The number of rotatable bonds is 3. The molecule has 2 rings (SSSR count). The molecule has 0 amide bonds. The summed E-state index contributed by atoms with van der Waals surface area (Å²) in [6.07, 6.45) is 3.24. The van der Waals surface area contributed by atoms with E-state index in [1.54, 1.807) is 6.07 Å². The van der Waals surface area contributed by atoms with E-state index in [4.69, 9.17) is 34.8 Å². The molecule has 0 aliphatic rings. The smallest absolute Gasteiger partial charge is 0.136 e. The predicted octanol–water partition coefficient (Wildman–Crippen LogP) is 5.06. The first-order chi connectivity index (χ1) is 8.61. The number of hydrogen-bond acceptors (Lipinski definition) is 2. The Hall–Kier alpha value is -0.830. The molecular formula is C13H11Cl3N2. The zero-order valence-electron chi connectivity index (χ0n) is 9.75. The largest absolute Gasteiger partial charge is 0.236 e. The van der Waals surface area contributed by atoms with Crippen LogP contribution in [0.2, 0.25) is 15.2 Å². The third-order valence-corrected chi connectivity index (χ3v) is 3.29. The Morgan fingerprint density at radius 1 is 1.00 bits per heavy atom. The summed E-state index contributed by atoms with van der Waals surface area (Å²) in [5.74, 6) is 0. The molecule has 0 aliphatic carbocycles. The van der Waals surface area contributed by atoms with Crippen LogP contribution in [0.15, 0.2) is 24.5 Å². The minimum absolute atomic E-state index is 0.484. The minimum Gasteiger partial charge on any atom is -0.236 e. The molecule has 2 nitrogen and oxygen atoms in total. The predicted molar refractivity (Wildman–Crippen MR) is 76.5 cm³/mol. The van der Waals surface area contributed by atoms with E-state index in [-0.39, 0.29) is 0 Å². The third-order valence-electron chi connectivity index (χ3n) is 2.53. The average molecular weight is 302 g/mol. The first kappa shape index (κ1) is 13.6. The van der Waals surface area contributed by atoms with Crippen molar-refractivity contribution in [2.45, 2.75) is 19.8 Å². The van der Waals surface area contributed by atoms with Crippen LogP contribution in [0.25, 0.3) is 11.3 Å². The van der Waals surface area contributed by atoms with Gasteiger partial charge in [-0.05, 0) is 24.6 Å². The van der Waals surface area contributed by atoms with Crippen molar-refractivity contribution in [2.24, 2.45) is 0 Å². The molecule has 0 atom stereocenters. The molecule has 94 valence electrons. The first-order valence-corrected chi connectivity index (χ1v) is 6.71. The summed E-state index contributed by atoms with van der Waals surface area (Å²) in [5.41, 5.74) is 2.58. The van der Waals surface area contributed by atoms with Crippen molar-refractivity contribution >= 4 is 34.8 Å². The van der Waals surface area contributed by atoms with E-state index in [2.05, 4.69) is 16.9 Å². The van der Waals surface area contributed by atoms with Gasteiger partial charge in [-0.2, -0.15) is 0 Å². The monoisotopic (exact) mass is 300 g/mol. The number of nitrogens with zero attached hydrogens (tertiary/aromatic N) is 2. The fraction of sp³-hybridized carbons (Fsp3) is 0.231. The normalized spacial score (nSPS) is 10.7. The minimum atomic E-state index is 0.484. The summed E-state index contributed by atoms with van der Waals surface area (Å²) >= 11 is 18.1. The molecule has 0 saturated heterocycles. The van der Waals surface area contributed by atoms with Gasteiger partial charge in [0, 0.05) is 21.2 Å². The molecule has 0 spiro atoms. The second kappa shape index (κ2) is 5.87. The van der Waals surface area contributed by atoms with E-state index in [9.17, 15) is 0 Å². The van der Waals surface area contributed by atoms with Gasteiger partial charge in [-0.3, -0.25) is 0 Å². The van der Waals surface area contributed by atoms with Crippen molar-refractivity contribution < 1.29 is 0 Å². The molecular weight excluding hydrogens is 291 g/mol. The number of benzene rings is 1. The zero-order chi connectivity index (χ0) is 13.1. The SMILES string of the molecule is CCCc1c(Cl)ncnc1-c1cc(Cl)cc(Cl)c1. The summed E-state index contributed by atoms with van der Waals surface area (Å²) in [7, 11) is 0. The second-order valence-electron chi connectivity index (χ2n) is 3.90. The Morgan fingerprint density at radius 2 is 1.67 bits per heavy atom. The number of halogens is 3. The highest BCUT2D eigenvalue weighted by Gasteiger charge is 2.12. The van der Waals surface area contributed by atoms with Gasteiger partial charge in [-0.25, -0.2) is 9.97 Å². The van der Waals surface area contributed by atoms with Gasteiger partial charge in [0.05, 0.1) is 5.69 Å². The Bertz CT molecular complexity index is 550. The lowest BCUT2D eigenvalue weighted by Gasteiger charge is -2.09. The Labute approximate surface area is 121 Å². The third kappa shape index (κ3) is 2.94. The summed E-state index contributed by atoms with van der Waals surface area (Å²) in [5, 5.41) is 1.64. The molecule has 0 bridgehead atoms. The van der Waals surface area contributed by atoms with Gasteiger partial charge < -0.3 is 0 Å². The van der Waals surface area contributed by atoms with Crippen LogP contribution in [0, 0.1) is 0 Å². The number of hydrogen-bond donors (Lipinski definition) is 0. The van der Waals surface area contributed by atoms with E-state index in [1.807, 2.05) is 12.1 Å². The first-order valence-electron chi connectivity index (χ1n) is 5.57. The standard InChI is InChI=1S/C13H11Cl3N2/c1-2-3-11-12(17-7-18-13(11)16)8-4-9(14)6-10(15)5-8/h4-7H,2-3H2,1H3. The van der Waals surface area contributed by atoms with E-state index >= 15 is 0 Å². The van der Waals surface area contributed by atoms with Crippen molar-refractivity contribution in [3.63, 3.8) is 0 Å². The Kier molecular flexibility index (Phi) is 4.44. The highest BCUT2D eigenvalue weighted by molar-refractivity contribution is 6.35. The maximum absolute atomic E-state index is 6.12. The Morgan fingerprint density at radius 3 is 2.28 bits per heavy atom. The van der Waals surface area contributed by atoms with Crippen molar-refractivity contribution in [1.82, 2.24) is 9.97 Å². The van der Waals surface area contributed by atoms with E-state index in [0.717, 1.165) is 29.7 Å². The summed E-state index contributed by atoms with van der Waals surface area (Å²) in [6.45, 7) is 2.08. The highest BCUT2D eigenvalue weighted by Crippen LogP contribution is 2.30. The van der Waals surface area contributed by atoms with Crippen LogP contribution in [0.4, 0.5) is 0 Å². The van der Waals surface area contributed by atoms with Crippen LogP contribution >= 0.6 is 34.8 Å². The van der Waals surface area contributed by atoms with Crippen molar-refractivity contribution in [1.29, 1.82) is 0 Å². The molecule has 0 unspecified atom stereocenters. The van der Waals surface area contributed by atoms with Gasteiger partial charge in [-0.1, -0.05) is 48.1 Å². The lowest BCUT2D eigenvalue weighted by Crippen LogP contribution is -1.96. The van der Waals surface area contributed by atoms with Crippen LogP contribution in [0.5, 0.6) is 0 Å². The molecule has 1 aromatic heterocycles. The van der Waals surface area contributed by atoms with Gasteiger partial charge in [0.15, 0.2) is 0 Å². The summed E-state index contributed by atoms with van der Waals surface area (Å²) < 4.78 is 0. The Balaban J connectivity index is 2.59. The highest BCUT2D eigenvalue weighted by atomic mass is 35.5. The summed E-state index contributed by atoms with van der Waals surface area (Å²) in [4.78, 5) is 8.31. The van der Waals surface area contributed by atoms with E-state index < -0.39 is 0 Å². The van der Waals surface area contributed by atoms with Crippen LogP contribution in [0.1, 0.15) is 18.9 Å². The van der Waals surface area contributed by atoms with Gasteiger partial charge >= 0.3 is 0 Å². The maximum Gasteiger partial charge on any atom is 0.136 e. The molecule has 5 heteroatoms. The van der Waals surface area contributed by atoms with Gasteiger partial charge in [0.25, 0.3) is 0 Å². The van der Waals surface area contributed by atoms with E-state index in [1.165, 1.54) is 6.33 Å². The molecule has 0 N–H and O–H groups in total. The summed E-state index contributed by atoms with van der Waals surface area (Å²) in [6, 6.07) is 5.34. The van der Waals surface area contributed by atoms with Crippen LogP contribution in [-0.4, -0.2) is 9.97 Å². The fourth-order valence-corrected chi connectivity index (χ4v) is 2.56. The second-order valence-corrected chi connectivity index (χ2v) is 5.13. The average Bonchev–Trinajstić information content (AvgIpc) is 2.30. The lowest BCUT2D eigenvalue weighted by atomic mass is 10.0. The van der Waals surface area contributed by atoms with Gasteiger partial charge in [0.2, 0.25) is 0 Å².